The Labute approximate surface area is 141 Å². The third-order valence-corrected chi connectivity index (χ3v) is 3.59. The molecule has 0 aromatic rings. The largest absolute Gasteiger partial charge is 0.481 e. The third kappa shape index (κ3) is 18.6. The molecule has 0 aromatic carbocycles. The lowest BCUT2D eigenvalue weighted by molar-refractivity contribution is -0.137. The fraction of sp³-hybridized carbons (Fsp3) is 0.650. The van der Waals surface area contributed by atoms with Crippen LogP contribution in [-0.2, 0) is 4.79 Å². The van der Waals surface area contributed by atoms with Gasteiger partial charge in [-0.25, -0.2) is 0 Å². The van der Waals surface area contributed by atoms with Crippen LogP contribution < -0.4 is 0 Å². The van der Waals surface area contributed by atoms with Crippen LogP contribution in [0.4, 0.5) is 0 Å². The first-order valence-electron chi connectivity index (χ1n) is 9.01. The van der Waals surface area contributed by atoms with Crippen molar-refractivity contribution in [3.05, 3.63) is 36.5 Å². The van der Waals surface area contributed by atoms with Crippen LogP contribution in [-0.4, -0.2) is 22.3 Å². The van der Waals surface area contributed by atoms with Crippen LogP contribution in [0.15, 0.2) is 36.5 Å². The van der Waals surface area contributed by atoms with Crippen LogP contribution in [0, 0.1) is 0 Å². The zero-order chi connectivity index (χ0) is 17.2. The molecule has 0 radical (unpaired) electrons. The summed E-state index contributed by atoms with van der Waals surface area (Å²) in [7, 11) is 0. The maximum Gasteiger partial charge on any atom is 0.303 e. The Morgan fingerprint density at radius 3 is 2.00 bits per heavy atom. The standard InChI is InChI=1S/C20H34O3/c1-2-3-4-5-10-13-16-19(21)17-14-11-8-6-7-9-12-15-18-20(22)23/h5,7-11,19,21H,2-4,6,12-18H2,1H3,(H,22,23)/b9-7-,10-5-,11-8-/t19-/m0/s1. The minimum atomic E-state index is -0.728. The van der Waals surface area contributed by atoms with Gasteiger partial charge in [0.25, 0.3) is 0 Å². The van der Waals surface area contributed by atoms with Gasteiger partial charge in [0.15, 0.2) is 0 Å². The number of carbonyl (C=O) groups is 1. The van der Waals surface area contributed by atoms with Crippen molar-refractivity contribution in [2.24, 2.45) is 0 Å². The normalized spacial score (nSPS) is 13.5. The smallest absolute Gasteiger partial charge is 0.303 e. The van der Waals surface area contributed by atoms with Gasteiger partial charge in [-0.3, -0.25) is 4.79 Å². The van der Waals surface area contributed by atoms with E-state index in [-0.39, 0.29) is 12.5 Å². The van der Waals surface area contributed by atoms with Gasteiger partial charge in [0, 0.05) is 6.42 Å². The molecule has 23 heavy (non-hydrogen) atoms. The van der Waals surface area contributed by atoms with E-state index in [1.807, 2.05) is 6.08 Å². The summed E-state index contributed by atoms with van der Waals surface area (Å²) in [6.07, 6.45) is 22.3. The van der Waals surface area contributed by atoms with E-state index >= 15 is 0 Å². The van der Waals surface area contributed by atoms with Gasteiger partial charge >= 0.3 is 5.97 Å². The van der Waals surface area contributed by atoms with Crippen molar-refractivity contribution in [3.8, 4) is 0 Å². The van der Waals surface area contributed by atoms with Crippen LogP contribution in [0.2, 0.25) is 0 Å². The number of allylic oxidation sites excluding steroid dienone is 6. The molecule has 3 heteroatoms. The minimum Gasteiger partial charge on any atom is -0.481 e. The highest BCUT2D eigenvalue weighted by atomic mass is 16.4. The summed E-state index contributed by atoms with van der Waals surface area (Å²) >= 11 is 0. The van der Waals surface area contributed by atoms with E-state index in [9.17, 15) is 9.90 Å². The molecule has 0 aliphatic heterocycles. The van der Waals surface area contributed by atoms with Crippen molar-refractivity contribution >= 4 is 5.97 Å². The SMILES string of the molecule is CCCC/C=C\CC[C@H](O)CC/C=C\C/C=C\CCCC(=O)O. The Morgan fingerprint density at radius 1 is 0.870 bits per heavy atom. The Morgan fingerprint density at radius 2 is 1.39 bits per heavy atom. The predicted octanol–water partition coefficient (Wildman–Crippen LogP) is 5.41. The second-order valence-electron chi connectivity index (χ2n) is 5.89. The lowest BCUT2D eigenvalue weighted by Crippen LogP contribution is -2.04. The maximum atomic E-state index is 10.3. The van der Waals surface area contributed by atoms with Gasteiger partial charge in [-0.15, -0.1) is 0 Å². The summed E-state index contributed by atoms with van der Waals surface area (Å²) in [5, 5.41) is 18.4. The van der Waals surface area contributed by atoms with Gasteiger partial charge in [0.05, 0.1) is 6.10 Å². The Bertz CT molecular complexity index is 356. The number of carboxylic acid groups (broad SMARTS) is 1. The molecule has 0 spiro atoms. The highest BCUT2D eigenvalue weighted by Crippen LogP contribution is 2.07. The second kappa shape index (κ2) is 17.0. The third-order valence-electron chi connectivity index (χ3n) is 3.59. The quantitative estimate of drug-likeness (QED) is 0.313. The van der Waals surface area contributed by atoms with Crippen LogP contribution in [0.25, 0.3) is 0 Å². The lowest BCUT2D eigenvalue weighted by Gasteiger charge is -2.06. The molecule has 0 amide bonds. The number of hydrogen-bond acceptors (Lipinski definition) is 2. The molecule has 0 aliphatic carbocycles. The molecular formula is C20H34O3. The topological polar surface area (TPSA) is 57.5 Å². The molecule has 0 saturated heterocycles. The van der Waals surface area contributed by atoms with Gasteiger partial charge < -0.3 is 10.2 Å². The first kappa shape index (κ1) is 21.6. The fourth-order valence-electron chi connectivity index (χ4n) is 2.16. The molecule has 0 unspecified atom stereocenters. The molecule has 3 nitrogen and oxygen atoms in total. The average molecular weight is 322 g/mol. The average Bonchev–Trinajstić information content (AvgIpc) is 2.52. The molecule has 2 N–H and O–H groups in total. The zero-order valence-electron chi connectivity index (χ0n) is 14.6. The van der Waals surface area contributed by atoms with Crippen LogP contribution in [0.5, 0.6) is 0 Å². The van der Waals surface area contributed by atoms with Gasteiger partial charge in [-0.05, 0) is 51.4 Å². The number of aliphatic hydroxyl groups is 1. The fourth-order valence-corrected chi connectivity index (χ4v) is 2.16. The van der Waals surface area contributed by atoms with Gasteiger partial charge in [-0.1, -0.05) is 56.2 Å². The number of aliphatic hydroxyl groups excluding tert-OH is 1. The number of aliphatic carboxylic acids is 1. The molecule has 0 saturated carbocycles. The summed E-state index contributed by atoms with van der Waals surface area (Å²) in [6.45, 7) is 2.19. The first-order valence-corrected chi connectivity index (χ1v) is 9.01. The number of hydrogen-bond donors (Lipinski definition) is 2. The summed E-state index contributed by atoms with van der Waals surface area (Å²) in [4.78, 5) is 10.3. The predicted molar refractivity (Wildman–Crippen MR) is 97.5 cm³/mol. The Balaban J connectivity index is 3.45. The van der Waals surface area contributed by atoms with Crippen LogP contribution in [0.3, 0.4) is 0 Å². The van der Waals surface area contributed by atoms with E-state index in [4.69, 9.17) is 5.11 Å². The molecule has 0 rings (SSSR count). The second-order valence-corrected chi connectivity index (χ2v) is 5.89. The Hall–Kier alpha value is -1.35. The summed E-state index contributed by atoms with van der Waals surface area (Å²) in [6, 6.07) is 0. The first-order chi connectivity index (χ1) is 11.2. The highest BCUT2D eigenvalue weighted by molar-refractivity contribution is 5.66. The van der Waals surface area contributed by atoms with Crippen molar-refractivity contribution in [1.29, 1.82) is 0 Å². The number of rotatable bonds is 15. The highest BCUT2D eigenvalue weighted by Gasteiger charge is 2.00. The summed E-state index contributed by atoms with van der Waals surface area (Å²) in [5.41, 5.74) is 0. The summed E-state index contributed by atoms with van der Waals surface area (Å²) < 4.78 is 0. The monoisotopic (exact) mass is 322 g/mol. The lowest BCUT2D eigenvalue weighted by atomic mass is 10.1. The van der Waals surface area contributed by atoms with Crippen molar-refractivity contribution in [3.63, 3.8) is 0 Å². The minimum absolute atomic E-state index is 0.206. The van der Waals surface area contributed by atoms with E-state index in [1.165, 1.54) is 12.8 Å². The molecule has 0 aliphatic rings. The van der Waals surface area contributed by atoms with Crippen molar-refractivity contribution in [2.75, 3.05) is 0 Å². The molecule has 1 atom stereocenters. The van der Waals surface area contributed by atoms with E-state index in [0.29, 0.717) is 6.42 Å². The van der Waals surface area contributed by atoms with Crippen LogP contribution in [0.1, 0.15) is 77.6 Å². The summed E-state index contributed by atoms with van der Waals surface area (Å²) in [5.74, 6) is -0.728. The number of unbranched alkanes of at least 4 members (excludes halogenated alkanes) is 3. The molecular weight excluding hydrogens is 288 g/mol. The van der Waals surface area contributed by atoms with Crippen molar-refractivity contribution < 1.29 is 15.0 Å². The van der Waals surface area contributed by atoms with Gasteiger partial charge in [0.2, 0.25) is 0 Å². The number of carboxylic acids is 1. The van der Waals surface area contributed by atoms with E-state index in [0.717, 1.165) is 44.9 Å². The van der Waals surface area contributed by atoms with Crippen molar-refractivity contribution in [1.82, 2.24) is 0 Å². The van der Waals surface area contributed by atoms with Gasteiger partial charge in [0.1, 0.15) is 0 Å². The molecule has 0 aromatic heterocycles. The Kier molecular flexibility index (Phi) is 16.0. The van der Waals surface area contributed by atoms with E-state index in [1.54, 1.807) is 0 Å². The van der Waals surface area contributed by atoms with Crippen LogP contribution >= 0.6 is 0 Å². The van der Waals surface area contributed by atoms with Crippen molar-refractivity contribution in [2.45, 2.75) is 83.7 Å². The van der Waals surface area contributed by atoms with E-state index in [2.05, 4.69) is 37.3 Å². The van der Waals surface area contributed by atoms with Gasteiger partial charge in [-0.2, -0.15) is 0 Å². The molecule has 0 fully saturated rings. The molecule has 0 bridgehead atoms. The molecule has 132 valence electrons. The molecule has 0 heterocycles. The zero-order valence-corrected chi connectivity index (χ0v) is 14.6. The van der Waals surface area contributed by atoms with E-state index < -0.39 is 5.97 Å². The maximum absolute atomic E-state index is 10.3.